The molecule has 13 aromatic rings. The van der Waals surface area contributed by atoms with Crippen LogP contribution in [-0.2, 0) is 0 Å². The third-order valence-electron chi connectivity index (χ3n) is 12.7. The fourth-order valence-corrected chi connectivity index (χ4v) is 10.1. The van der Waals surface area contributed by atoms with Gasteiger partial charge in [-0.2, -0.15) is 0 Å². The summed E-state index contributed by atoms with van der Waals surface area (Å²) in [5.41, 5.74) is 12.3. The summed E-state index contributed by atoms with van der Waals surface area (Å²) in [7, 11) is 0. The monoisotopic (exact) mass is 792 g/mol. The molecule has 13 rings (SSSR count). The molecular weight excluding hydrogens is 751 g/mol. The highest BCUT2D eigenvalue weighted by molar-refractivity contribution is 6.25. The van der Waals surface area contributed by atoms with Crippen LogP contribution in [0.25, 0.3) is 126 Å². The molecule has 0 radical (unpaired) electrons. The van der Waals surface area contributed by atoms with E-state index in [-0.39, 0.29) is 29.7 Å². The van der Waals surface area contributed by atoms with Gasteiger partial charge in [-0.1, -0.05) is 176 Å². The first-order chi connectivity index (χ1) is 32.9. The Hall–Kier alpha value is -8.20. The molecule has 0 aliphatic rings. The van der Waals surface area contributed by atoms with Crippen molar-refractivity contribution in [3.63, 3.8) is 0 Å². The first-order valence-corrected chi connectivity index (χ1v) is 20.9. The lowest BCUT2D eigenvalue weighted by Gasteiger charge is -2.20. The molecular formula is C60H37NO. The molecule has 0 atom stereocenters. The number of fused-ring (bicyclic) bond motifs is 9. The summed E-state index contributed by atoms with van der Waals surface area (Å²) in [4.78, 5) is 0. The number of rotatable bonds is 5. The molecule has 2 nitrogen and oxygen atoms in total. The van der Waals surface area contributed by atoms with Crippen LogP contribution in [0.4, 0.5) is 0 Å². The lowest BCUT2D eigenvalue weighted by Crippen LogP contribution is -1.94. The number of hydrogen-bond donors (Lipinski definition) is 0. The van der Waals surface area contributed by atoms with Crippen LogP contribution in [0, 0.1) is 0 Å². The zero-order valence-corrected chi connectivity index (χ0v) is 33.3. The average molecular weight is 793 g/mol. The molecule has 0 spiro atoms. The third kappa shape index (κ3) is 5.11. The predicted octanol–water partition coefficient (Wildman–Crippen LogP) is 16.8. The highest BCUT2D eigenvalue weighted by Gasteiger charge is 2.23. The Balaban J connectivity index is 1.09. The SMILES string of the molecule is [2H]c1c([2H])c([2H])c(-c2c3ccccc3c(-c3ccc(-c4ccc5oc6ccccc6c5c4-c4ccc5c(c4)c4ccccc4n5-c4ccccc4)c4ccccc34)c3ccccc23)c([2H])c1[2H]. The summed E-state index contributed by atoms with van der Waals surface area (Å²) in [6, 6.07) is 66.2. The van der Waals surface area contributed by atoms with Crippen molar-refractivity contribution in [1.82, 2.24) is 4.57 Å². The van der Waals surface area contributed by atoms with E-state index in [4.69, 9.17) is 11.3 Å². The van der Waals surface area contributed by atoms with Crippen LogP contribution >= 0.6 is 0 Å². The zero-order valence-electron chi connectivity index (χ0n) is 38.3. The van der Waals surface area contributed by atoms with E-state index in [0.29, 0.717) is 5.56 Å². The Morgan fingerprint density at radius 2 is 0.887 bits per heavy atom. The predicted molar refractivity (Wildman–Crippen MR) is 262 cm³/mol. The van der Waals surface area contributed by atoms with E-state index in [2.05, 4.69) is 150 Å². The summed E-state index contributed by atoms with van der Waals surface area (Å²) in [5, 5.41) is 10.1. The number of hydrogen-bond acceptors (Lipinski definition) is 1. The summed E-state index contributed by atoms with van der Waals surface area (Å²) in [6.45, 7) is 0. The van der Waals surface area contributed by atoms with Gasteiger partial charge >= 0.3 is 0 Å². The maximum atomic E-state index is 9.05. The van der Waals surface area contributed by atoms with Crippen LogP contribution < -0.4 is 0 Å². The van der Waals surface area contributed by atoms with Crippen LogP contribution in [0.2, 0.25) is 0 Å². The largest absolute Gasteiger partial charge is 0.456 e. The summed E-state index contributed by atoms with van der Waals surface area (Å²) in [6.07, 6.45) is 0. The van der Waals surface area contributed by atoms with E-state index in [1.54, 1.807) is 0 Å². The minimum Gasteiger partial charge on any atom is -0.456 e. The van der Waals surface area contributed by atoms with Crippen LogP contribution in [0.5, 0.6) is 0 Å². The fourth-order valence-electron chi connectivity index (χ4n) is 10.1. The molecule has 0 unspecified atom stereocenters. The number of benzene rings is 11. The first-order valence-electron chi connectivity index (χ1n) is 23.4. The van der Waals surface area contributed by atoms with Crippen LogP contribution in [0.1, 0.15) is 6.85 Å². The Labute approximate surface area is 365 Å². The Bertz CT molecular complexity index is 4140. The number of para-hydroxylation sites is 3. The number of aromatic nitrogens is 1. The van der Waals surface area contributed by atoms with E-state index >= 15 is 0 Å². The topological polar surface area (TPSA) is 18.1 Å². The van der Waals surface area contributed by atoms with Gasteiger partial charge in [0.25, 0.3) is 0 Å². The molecule has 0 fully saturated rings. The van der Waals surface area contributed by atoms with Crippen molar-refractivity contribution < 1.29 is 11.3 Å². The van der Waals surface area contributed by atoms with Crippen molar-refractivity contribution >= 4 is 76.1 Å². The number of furan rings is 1. The highest BCUT2D eigenvalue weighted by atomic mass is 16.3. The quantitative estimate of drug-likeness (QED) is 0.159. The van der Waals surface area contributed by atoms with E-state index in [1.165, 1.54) is 10.8 Å². The Morgan fingerprint density at radius 1 is 0.339 bits per heavy atom. The van der Waals surface area contributed by atoms with Crippen LogP contribution in [0.3, 0.4) is 0 Å². The molecule has 0 aliphatic heterocycles. The summed E-state index contributed by atoms with van der Waals surface area (Å²) >= 11 is 0. The molecule has 11 aromatic carbocycles. The highest BCUT2D eigenvalue weighted by Crippen LogP contribution is 2.49. The second-order valence-electron chi connectivity index (χ2n) is 15.9. The molecule has 2 aromatic heterocycles. The Kier molecular flexibility index (Phi) is 6.60. The van der Waals surface area contributed by atoms with Gasteiger partial charge in [-0.05, 0) is 120 Å². The third-order valence-corrected chi connectivity index (χ3v) is 12.7. The maximum absolute atomic E-state index is 9.05. The standard InChI is InChI=1S/C60H37NO/c1-3-17-38(18-4-1)57-45-24-9-11-26-47(45)59(48-27-12-10-25-46(48)57)50-33-32-43(41-21-7-8-22-42(41)50)49-34-36-56-60(51-28-14-16-30-55(51)62-56)58(49)39-31-35-54-52(37-39)44-23-13-15-29-53(44)61(54)40-19-5-2-6-20-40/h1-37H/i1D,3D,4D,17D,18D. The van der Waals surface area contributed by atoms with Crippen molar-refractivity contribution in [2.24, 2.45) is 0 Å². The number of nitrogens with zero attached hydrogens (tertiary/aromatic N) is 1. The smallest absolute Gasteiger partial charge is 0.136 e. The lowest BCUT2D eigenvalue weighted by atomic mass is 9.83. The molecule has 62 heavy (non-hydrogen) atoms. The normalized spacial score (nSPS) is 13.0. The van der Waals surface area contributed by atoms with E-state index in [9.17, 15) is 0 Å². The minimum atomic E-state index is -0.407. The molecule has 0 aliphatic carbocycles. The van der Waals surface area contributed by atoms with Gasteiger partial charge in [-0.3, -0.25) is 0 Å². The van der Waals surface area contributed by atoms with E-state index < -0.39 is 6.04 Å². The molecule has 0 amide bonds. The van der Waals surface area contributed by atoms with Crippen molar-refractivity contribution in [2.45, 2.75) is 0 Å². The molecule has 0 N–H and O–H groups in total. The van der Waals surface area contributed by atoms with Gasteiger partial charge in [-0.15, -0.1) is 0 Å². The van der Waals surface area contributed by atoms with Crippen molar-refractivity contribution in [3.05, 3.63) is 224 Å². The van der Waals surface area contributed by atoms with Gasteiger partial charge in [0.1, 0.15) is 11.2 Å². The van der Waals surface area contributed by atoms with Crippen LogP contribution in [-0.4, -0.2) is 4.57 Å². The van der Waals surface area contributed by atoms with Gasteiger partial charge in [0.2, 0.25) is 0 Å². The molecule has 0 bridgehead atoms. The molecule has 0 saturated carbocycles. The molecule has 2 heteroatoms. The second kappa shape index (κ2) is 13.7. The maximum Gasteiger partial charge on any atom is 0.136 e. The Morgan fingerprint density at radius 3 is 1.61 bits per heavy atom. The van der Waals surface area contributed by atoms with Crippen molar-refractivity contribution in [3.8, 4) is 50.2 Å². The minimum absolute atomic E-state index is 0.197. The van der Waals surface area contributed by atoms with Crippen molar-refractivity contribution in [1.29, 1.82) is 0 Å². The van der Waals surface area contributed by atoms with Gasteiger partial charge in [0.15, 0.2) is 0 Å². The van der Waals surface area contributed by atoms with Gasteiger partial charge in [0.05, 0.1) is 17.9 Å². The van der Waals surface area contributed by atoms with Gasteiger partial charge < -0.3 is 8.98 Å². The molecule has 288 valence electrons. The second-order valence-corrected chi connectivity index (χ2v) is 15.9. The zero-order chi connectivity index (χ0) is 45.1. The van der Waals surface area contributed by atoms with Gasteiger partial charge in [-0.25, -0.2) is 0 Å². The van der Waals surface area contributed by atoms with E-state index in [1.807, 2.05) is 48.5 Å². The summed E-state index contributed by atoms with van der Waals surface area (Å²) < 4.78 is 52.6. The van der Waals surface area contributed by atoms with Gasteiger partial charge in [0, 0.05) is 32.8 Å². The summed E-state index contributed by atoms with van der Waals surface area (Å²) in [5.74, 6) is 0. The molecule has 2 heterocycles. The first kappa shape index (κ1) is 29.9. The van der Waals surface area contributed by atoms with Crippen molar-refractivity contribution in [2.75, 3.05) is 0 Å². The lowest BCUT2D eigenvalue weighted by molar-refractivity contribution is 0.669. The fraction of sp³-hybridized carbons (Fsp3) is 0. The van der Waals surface area contributed by atoms with Crippen LogP contribution in [0.15, 0.2) is 229 Å². The van der Waals surface area contributed by atoms with E-state index in [0.717, 1.165) is 104 Å². The average Bonchev–Trinajstić information content (AvgIpc) is 3.93. The molecule has 0 saturated heterocycles.